The first kappa shape index (κ1) is 30.6. The third-order valence-electron chi connectivity index (χ3n) is 10.3. The molecule has 0 atom stereocenters. The molecular weight excluding hydrogens is 651 g/mol. The van der Waals surface area contributed by atoms with Gasteiger partial charge >= 0.3 is 0 Å². The van der Waals surface area contributed by atoms with Crippen LogP contribution in [0.3, 0.4) is 0 Å². The number of hydrogen-bond acceptors (Lipinski definition) is 4. The van der Waals surface area contributed by atoms with Gasteiger partial charge in [0.15, 0.2) is 5.82 Å². The van der Waals surface area contributed by atoms with Gasteiger partial charge in [-0.15, -0.1) is 11.3 Å². The lowest BCUT2D eigenvalue weighted by Crippen LogP contribution is -1.98. The van der Waals surface area contributed by atoms with E-state index in [0.29, 0.717) is 5.82 Å². The Labute approximate surface area is 305 Å². The Kier molecular flexibility index (Phi) is 7.19. The van der Waals surface area contributed by atoms with Gasteiger partial charge in [-0.05, 0) is 82.8 Å². The van der Waals surface area contributed by atoms with Crippen LogP contribution in [0.2, 0.25) is 0 Å². The normalized spacial score (nSPS) is 12.0. The Balaban J connectivity index is 1.15. The number of benzene rings is 7. The van der Waals surface area contributed by atoms with E-state index >= 15 is 0 Å². The van der Waals surface area contributed by atoms with Gasteiger partial charge < -0.3 is 0 Å². The van der Waals surface area contributed by atoms with Gasteiger partial charge in [-0.3, -0.25) is 0 Å². The van der Waals surface area contributed by atoms with Crippen LogP contribution < -0.4 is 0 Å². The van der Waals surface area contributed by atoms with Crippen molar-refractivity contribution in [3.05, 3.63) is 157 Å². The van der Waals surface area contributed by atoms with Crippen LogP contribution in [-0.4, -0.2) is 15.0 Å². The fraction of sp³-hybridized carbons (Fsp3) is 0.0625. The lowest BCUT2D eigenvalue weighted by molar-refractivity contribution is 1.13. The number of nitrogens with zero attached hydrogens (tertiary/aromatic N) is 3. The van der Waals surface area contributed by atoms with Crippen molar-refractivity contribution in [2.24, 2.45) is 0 Å². The number of thiophene rings is 1. The number of pyridine rings is 1. The highest BCUT2D eigenvalue weighted by Crippen LogP contribution is 2.43. The molecule has 0 N–H and O–H groups in total. The molecule has 3 aromatic heterocycles. The lowest BCUT2D eigenvalue weighted by Gasteiger charge is -2.13. The first-order valence-corrected chi connectivity index (χ1v) is 18.7. The van der Waals surface area contributed by atoms with Crippen LogP contribution in [0.5, 0.6) is 0 Å². The van der Waals surface area contributed by atoms with Crippen LogP contribution in [0.1, 0.15) is 25.0 Å². The van der Waals surface area contributed by atoms with Crippen molar-refractivity contribution in [3.8, 4) is 33.9 Å². The summed E-state index contributed by atoms with van der Waals surface area (Å²) in [5.74, 6) is 0.632. The van der Waals surface area contributed by atoms with Gasteiger partial charge in [0, 0.05) is 47.3 Å². The standard InChI is InChI=1S/C48H33N3S/c1-3-11-30-26-31(19-18-29(30)4-2)32-20-21-34-28-35(23-22-33(34)27-32)45-39-14-6-9-16-42(39)50-48(51-45)46-40-25-24-37-36-12-7-10-17-43(36)52-47(37)44(40)38-13-5-8-15-41(38)49-46/h3,5-28H,4H2,1-2H3/b11-3-. The van der Waals surface area contributed by atoms with Crippen molar-refractivity contribution in [2.75, 3.05) is 0 Å². The van der Waals surface area contributed by atoms with E-state index < -0.39 is 0 Å². The molecule has 10 rings (SSSR count). The van der Waals surface area contributed by atoms with E-state index in [4.69, 9.17) is 15.0 Å². The Morgan fingerprint density at radius 1 is 0.538 bits per heavy atom. The largest absolute Gasteiger partial charge is 0.244 e. The Morgan fingerprint density at radius 3 is 2.00 bits per heavy atom. The summed E-state index contributed by atoms with van der Waals surface area (Å²) in [5.41, 5.74) is 9.69. The summed E-state index contributed by atoms with van der Waals surface area (Å²) < 4.78 is 2.56. The zero-order chi connectivity index (χ0) is 34.8. The number of allylic oxidation sites excluding steroid dienone is 1. The topological polar surface area (TPSA) is 38.7 Å². The molecule has 0 aliphatic heterocycles. The van der Waals surface area contributed by atoms with Crippen molar-refractivity contribution in [1.82, 2.24) is 15.0 Å². The van der Waals surface area contributed by atoms with Gasteiger partial charge in [0.05, 0.1) is 16.7 Å². The van der Waals surface area contributed by atoms with E-state index in [1.54, 1.807) is 0 Å². The van der Waals surface area contributed by atoms with E-state index in [1.807, 2.05) is 17.4 Å². The van der Waals surface area contributed by atoms with Crippen LogP contribution in [0.15, 0.2) is 146 Å². The Bertz CT molecular complexity index is 3080. The molecule has 10 aromatic rings. The molecule has 0 unspecified atom stereocenters. The number of hydrogen-bond donors (Lipinski definition) is 0. The van der Waals surface area contributed by atoms with Gasteiger partial charge in [-0.2, -0.15) is 0 Å². The van der Waals surface area contributed by atoms with Gasteiger partial charge in [-0.25, -0.2) is 15.0 Å². The molecule has 3 nitrogen and oxygen atoms in total. The van der Waals surface area contributed by atoms with E-state index in [9.17, 15) is 0 Å². The lowest BCUT2D eigenvalue weighted by atomic mass is 9.95. The van der Waals surface area contributed by atoms with E-state index in [2.05, 4.69) is 159 Å². The monoisotopic (exact) mass is 683 g/mol. The van der Waals surface area contributed by atoms with Crippen LogP contribution in [0.25, 0.3) is 104 Å². The highest BCUT2D eigenvalue weighted by molar-refractivity contribution is 7.26. The highest BCUT2D eigenvalue weighted by Gasteiger charge is 2.19. The summed E-state index contributed by atoms with van der Waals surface area (Å²) in [6, 6.07) is 50.1. The molecule has 4 heteroatoms. The van der Waals surface area contributed by atoms with Gasteiger partial charge in [0.2, 0.25) is 0 Å². The maximum absolute atomic E-state index is 5.36. The van der Waals surface area contributed by atoms with Crippen molar-refractivity contribution in [2.45, 2.75) is 20.3 Å². The molecule has 246 valence electrons. The maximum Gasteiger partial charge on any atom is 0.179 e. The average Bonchev–Trinajstić information content (AvgIpc) is 3.59. The van der Waals surface area contributed by atoms with Crippen molar-refractivity contribution in [1.29, 1.82) is 0 Å². The third kappa shape index (κ3) is 4.90. The van der Waals surface area contributed by atoms with E-state index in [0.717, 1.165) is 50.6 Å². The molecule has 0 radical (unpaired) electrons. The smallest absolute Gasteiger partial charge is 0.179 e. The summed E-state index contributed by atoms with van der Waals surface area (Å²) in [4.78, 5) is 15.8. The Hall–Kier alpha value is -6.23. The van der Waals surface area contributed by atoms with Crippen molar-refractivity contribution in [3.63, 3.8) is 0 Å². The van der Waals surface area contributed by atoms with Crippen molar-refractivity contribution >= 4 is 80.9 Å². The van der Waals surface area contributed by atoms with E-state index in [1.165, 1.54) is 58.6 Å². The highest BCUT2D eigenvalue weighted by atomic mass is 32.1. The number of fused-ring (bicyclic) bond motifs is 9. The average molecular weight is 684 g/mol. The van der Waals surface area contributed by atoms with Gasteiger partial charge in [0.1, 0.15) is 5.69 Å². The molecule has 0 saturated carbocycles. The van der Waals surface area contributed by atoms with Crippen LogP contribution >= 0.6 is 11.3 Å². The number of aromatic nitrogens is 3. The fourth-order valence-electron chi connectivity index (χ4n) is 7.79. The quantitative estimate of drug-likeness (QED) is 0.170. The minimum Gasteiger partial charge on any atom is -0.244 e. The summed E-state index contributed by atoms with van der Waals surface area (Å²) >= 11 is 1.85. The Morgan fingerprint density at radius 2 is 1.19 bits per heavy atom. The summed E-state index contributed by atoms with van der Waals surface area (Å²) in [6.07, 6.45) is 5.34. The van der Waals surface area contributed by atoms with Gasteiger partial charge in [-0.1, -0.05) is 122 Å². The summed E-state index contributed by atoms with van der Waals surface area (Å²) in [6.45, 7) is 4.29. The number of aryl methyl sites for hydroxylation is 1. The molecule has 0 saturated heterocycles. The summed E-state index contributed by atoms with van der Waals surface area (Å²) in [5, 5.41) is 9.36. The molecule has 52 heavy (non-hydrogen) atoms. The van der Waals surface area contributed by atoms with Crippen molar-refractivity contribution < 1.29 is 0 Å². The maximum atomic E-state index is 5.36. The minimum atomic E-state index is 0.632. The second kappa shape index (κ2) is 12.2. The fourth-order valence-corrected chi connectivity index (χ4v) is 9.06. The number of rotatable bonds is 5. The zero-order valence-corrected chi connectivity index (χ0v) is 29.7. The second-order valence-electron chi connectivity index (χ2n) is 13.4. The van der Waals surface area contributed by atoms with E-state index in [-0.39, 0.29) is 0 Å². The number of para-hydroxylation sites is 2. The molecular formula is C48H33N3S. The van der Waals surface area contributed by atoms with Crippen LogP contribution in [0.4, 0.5) is 0 Å². The SMILES string of the molecule is C/C=C\c1cc(-c2ccc3cc(-c4nc(-c5nc6ccccc6c6c5ccc5c7ccccc7sc56)nc5ccccc45)ccc3c2)ccc1CC. The zero-order valence-electron chi connectivity index (χ0n) is 28.9. The predicted octanol–water partition coefficient (Wildman–Crippen LogP) is 13.4. The first-order chi connectivity index (χ1) is 25.7. The van der Waals surface area contributed by atoms with Crippen LogP contribution in [-0.2, 0) is 6.42 Å². The molecule has 0 fully saturated rings. The predicted molar refractivity (Wildman–Crippen MR) is 223 cm³/mol. The minimum absolute atomic E-state index is 0.632. The third-order valence-corrected chi connectivity index (χ3v) is 11.5. The first-order valence-electron chi connectivity index (χ1n) is 17.9. The second-order valence-corrected chi connectivity index (χ2v) is 14.4. The van der Waals surface area contributed by atoms with Gasteiger partial charge in [0.25, 0.3) is 0 Å². The molecule has 0 spiro atoms. The molecule has 0 aliphatic carbocycles. The molecule has 3 heterocycles. The molecule has 0 aliphatic rings. The molecule has 0 amide bonds. The summed E-state index contributed by atoms with van der Waals surface area (Å²) in [7, 11) is 0. The molecule has 0 bridgehead atoms. The van der Waals surface area contributed by atoms with Crippen LogP contribution in [0, 0.1) is 0 Å². The molecule has 7 aromatic carbocycles.